The van der Waals surface area contributed by atoms with Gasteiger partial charge in [0.25, 0.3) is 0 Å². The first kappa shape index (κ1) is 12.6. The predicted molar refractivity (Wildman–Crippen MR) is 70.7 cm³/mol. The number of nitrogens with two attached hydrogens (primary N) is 1. The van der Waals surface area contributed by atoms with Crippen molar-refractivity contribution in [2.45, 2.75) is 26.0 Å². The fraction of sp³-hybridized carbons (Fsp3) is 0.500. The minimum Gasteiger partial charge on any atom is -0.397 e. The van der Waals surface area contributed by atoms with Crippen LogP contribution in [-0.2, 0) is 4.74 Å². The van der Waals surface area contributed by atoms with E-state index in [4.69, 9.17) is 10.5 Å². The molecule has 1 aromatic carbocycles. The maximum absolute atomic E-state index is 13.3. The van der Waals surface area contributed by atoms with E-state index in [-0.39, 0.29) is 18.0 Å². The van der Waals surface area contributed by atoms with Gasteiger partial charge in [0.1, 0.15) is 5.82 Å². The molecule has 2 unspecified atom stereocenters. The molecule has 2 rings (SSSR count). The quantitative estimate of drug-likeness (QED) is 0.811. The van der Waals surface area contributed by atoms with Crippen molar-refractivity contribution in [3.05, 3.63) is 22.4 Å². The van der Waals surface area contributed by atoms with Crippen molar-refractivity contribution >= 4 is 27.3 Å². The van der Waals surface area contributed by atoms with Gasteiger partial charge in [0.2, 0.25) is 0 Å². The van der Waals surface area contributed by atoms with E-state index in [1.807, 2.05) is 6.92 Å². The smallest absolute Gasteiger partial charge is 0.139 e. The van der Waals surface area contributed by atoms with Gasteiger partial charge in [-0.25, -0.2) is 4.39 Å². The molecule has 3 nitrogen and oxygen atoms in total. The number of halogens is 2. The van der Waals surface area contributed by atoms with Gasteiger partial charge in [-0.05, 0) is 35.8 Å². The van der Waals surface area contributed by atoms with Gasteiger partial charge in [0.15, 0.2) is 0 Å². The molecule has 5 heteroatoms. The molecule has 0 spiro atoms. The van der Waals surface area contributed by atoms with E-state index >= 15 is 0 Å². The Balaban J connectivity index is 2.35. The Hall–Kier alpha value is -0.810. The number of benzene rings is 1. The maximum Gasteiger partial charge on any atom is 0.139 e. The first-order valence-corrected chi connectivity index (χ1v) is 6.41. The van der Waals surface area contributed by atoms with Crippen molar-refractivity contribution in [2.24, 2.45) is 0 Å². The molecule has 17 heavy (non-hydrogen) atoms. The van der Waals surface area contributed by atoms with Gasteiger partial charge >= 0.3 is 0 Å². The average molecular weight is 303 g/mol. The van der Waals surface area contributed by atoms with E-state index < -0.39 is 0 Å². The van der Waals surface area contributed by atoms with Crippen LogP contribution >= 0.6 is 15.9 Å². The van der Waals surface area contributed by atoms with Crippen molar-refractivity contribution in [3.8, 4) is 0 Å². The summed E-state index contributed by atoms with van der Waals surface area (Å²) in [6, 6.07) is 3.33. The third-order valence-corrected chi connectivity index (χ3v) is 3.59. The van der Waals surface area contributed by atoms with Gasteiger partial charge in [-0.3, -0.25) is 0 Å². The molecule has 2 atom stereocenters. The molecular weight excluding hydrogens is 287 g/mol. The maximum atomic E-state index is 13.3. The summed E-state index contributed by atoms with van der Waals surface area (Å²) >= 11 is 3.19. The lowest BCUT2D eigenvalue weighted by Crippen LogP contribution is -2.47. The highest BCUT2D eigenvalue weighted by Gasteiger charge is 2.25. The molecular formula is C12H16BrFN2O. The summed E-state index contributed by atoms with van der Waals surface area (Å²) in [7, 11) is 0. The van der Waals surface area contributed by atoms with Crippen LogP contribution in [0, 0.1) is 5.82 Å². The van der Waals surface area contributed by atoms with Crippen molar-refractivity contribution in [1.82, 2.24) is 0 Å². The van der Waals surface area contributed by atoms with Gasteiger partial charge in [0, 0.05) is 18.7 Å². The van der Waals surface area contributed by atoms with E-state index in [0.29, 0.717) is 16.8 Å². The Morgan fingerprint density at radius 3 is 2.88 bits per heavy atom. The highest BCUT2D eigenvalue weighted by atomic mass is 79.9. The number of anilines is 2. The number of nitrogen functional groups attached to an aromatic ring is 1. The molecule has 0 amide bonds. The van der Waals surface area contributed by atoms with Gasteiger partial charge in [-0.15, -0.1) is 0 Å². The fourth-order valence-electron chi connectivity index (χ4n) is 2.04. The van der Waals surface area contributed by atoms with Crippen LogP contribution in [0.2, 0.25) is 0 Å². The molecule has 0 radical (unpaired) electrons. The van der Waals surface area contributed by atoms with Crippen LogP contribution in [-0.4, -0.2) is 25.3 Å². The molecule has 94 valence electrons. The third kappa shape index (κ3) is 2.55. The summed E-state index contributed by atoms with van der Waals surface area (Å²) in [5, 5.41) is 0. The predicted octanol–water partition coefficient (Wildman–Crippen LogP) is 2.78. The standard InChI is InChI=1S/C12H16BrFN2O/c1-7-6-17-8(2)5-16(7)12-3-9(13)10(14)4-11(12)15/h3-4,7-8H,5-6,15H2,1-2H3. The molecule has 0 saturated carbocycles. The Bertz CT molecular complexity index is 427. The molecule has 1 aliphatic rings. The Labute approximate surface area is 109 Å². The van der Waals surface area contributed by atoms with E-state index in [1.54, 1.807) is 6.07 Å². The summed E-state index contributed by atoms with van der Waals surface area (Å²) < 4.78 is 19.3. The summed E-state index contributed by atoms with van der Waals surface area (Å²) in [4.78, 5) is 2.16. The van der Waals surface area contributed by atoms with Crippen molar-refractivity contribution in [2.75, 3.05) is 23.8 Å². The molecule has 1 aliphatic heterocycles. The van der Waals surface area contributed by atoms with Crippen LogP contribution < -0.4 is 10.6 Å². The van der Waals surface area contributed by atoms with Crippen LogP contribution in [0.25, 0.3) is 0 Å². The monoisotopic (exact) mass is 302 g/mol. The largest absolute Gasteiger partial charge is 0.397 e. The average Bonchev–Trinajstić information content (AvgIpc) is 2.27. The number of nitrogens with zero attached hydrogens (tertiary/aromatic N) is 1. The molecule has 0 aliphatic carbocycles. The van der Waals surface area contributed by atoms with Gasteiger partial charge in [-0.2, -0.15) is 0 Å². The highest BCUT2D eigenvalue weighted by Crippen LogP contribution is 2.32. The van der Waals surface area contributed by atoms with Crippen LogP contribution in [0.15, 0.2) is 16.6 Å². The molecule has 0 aromatic heterocycles. The van der Waals surface area contributed by atoms with Crippen molar-refractivity contribution in [1.29, 1.82) is 0 Å². The van der Waals surface area contributed by atoms with Crippen LogP contribution in [0.4, 0.5) is 15.8 Å². The van der Waals surface area contributed by atoms with Crippen molar-refractivity contribution in [3.63, 3.8) is 0 Å². The molecule has 1 fully saturated rings. The van der Waals surface area contributed by atoms with Gasteiger partial charge in [-0.1, -0.05) is 0 Å². The highest BCUT2D eigenvalue weighted by molar-refractivity contribution is 9.10. The second-order valence-electron chi connectivity index (χ2n) is 4.47. The number of ether oxygens (including phenoxy) is 1. The molecule has 0 bridgehead atoms. The molecule has 1 heterocycles. The first-order chi connectivity index (χ1) is 7.99. The summed E-state index contributed by atoms with van der Waals surface area (Å²) in [5.41, 5.74) is 7.21. The second-order valence-corrected chi connectivity index (χ2v) is 5.32. The zero-order valence-corrected chi connectivity index (χ0v) is 11.5. The molecule has 2 N–H and O–H groups in total. The van der Waals surface area contributed by atoms with Crippen LogP contribution in [0.1, 0.15) is 13.8 Å². The summed E-state index contributed by atoms with van der Waals surface area (Å²) in [6.07, 6.45) is 0.162. The summed E-state index contributed by atoms with van der Waals surface area (Å²) in [5.74, 6) is -0.333. The molecule has 1 saturated heterocycles. The van der Waals surface area contributed by atoms with E-state index in [9.17, 15) is 4.39 Å². The number of hydrogen-bond donors (Lipinski definition) is 1. The number of hydrogen-bond acceptors (Lipinski definition) is 3. The lowest BCUT2D eigenvalue weighted by atomic mass is 10.1. The Morgan fingerprint density at radius 2 is 2.18 bits per heavy atom. The first-order valence-electron chi connectivity index (χ1n) is 5.61. The Kier molecular flexibility index (Phi) is 3.58. The topological polar surface area (TPSA) is 38.5 Å². The number of rotatable bonds is 1. The van der Waals surface area contributed by atoms with Crippen LogP contribution in [0.3, 0.4) is 0 Å². The van der Waals surface area contributed by atoms with E-state index in [1.165, 1.54) is 6.07 Å². The second kappa shape index (κ2) is 4.82. The fourth-order valence-corrected chi connectivity index (χ4v) is 2.37. The normalized spacial score (nSPS) is 25.1. The summed E-state index contributed by atoms with van der Waals surface area (Å²) in [6.45, 7) is 5.52. The van der Waals surface area contributed by atoms with E-state index in [2.05, 4.69) is 27.8 Å². The molecule has 1 aromatic rings. The zero-order valence-electron chi connectivity index (χ0n) is 9.91. The lowest BCUT2D eigenvalue weighted by molar-refractivity contribution is 0.0344. The minimum atomic E-state index is -0.333. The van der Waals surface area contributed by atoms with Gasteiger partial charge in [0.05, 0.1) is 28.6 Å². The third-order valence-electron chi connectivity index (χ3n) is 2.99. The minimum absolute atomic E-state index is 0.162. The van der Waals surface area contributed by atoms with Crippen LogP contribution in [0.5, 0.6) is 0 Å². The van der Waals surface area contributed by atoms with Crippen molar-refractivity contribution < 1.29 is 9.13 Å². The Morgan fingerprint density at radius 1 is 1.47 bits per heavy atom. The lowest BCUT2D eigenvalue weighted by Gasteiger charge is -2.39. The SMILES string of the molecule is CC1CN(c2cc(Br)c(F)cc2N)C(C)CO1. The van der Waals surface area contributed by atoms with Gasteiger partial charge < -0.3 is 15.4 Å². The van der Waals surface area contributed by atoms with E-state index in [0.717, 1.165) is 12.2 Å². The zero-order chi connectivity index (χ0) is 12.6. The number of morpholine rings is 1.